The molecule has 0 heterocycles. The Bertz CT molecular complexity index is 18.5. The van der Waals surface area contributed by atoms with Gasteiger partial charge in [0.2, 0.25) is 0 Å². The van der Waals surface area contributed by atoms with Crippen molar-refractivity contribution in [3.05, 3.63) is 0 Å². The fourth-order valence-corrected chi connectivity index (χ4v) is 0. The number of hydrogen-bond donors (Lipinski definition) is 0. The zero-order valence-corrected chi connectivity index (χ0v) is 9.35. The molecule has 0 aromatic carbocycles. The third-order valence-corrected chi connectivity index (χ3v) is 0. The Balaban J connectivity index is -0.00000000114. The van der Waals surface area contributed by atoms with Gasteiger partial charge in [0.15, 0.2) is 0 Å². The minimum absolute atomic E-state index is 0. The van der Waals surface area contributed by atoms with E-state index in [1.54, 1.807) is 0 Å². The fourth-order valence-electron chi connectivity index (χ4n) is 0. The fraction of sp³-hybridized carbons (Fsp3) is 0. The van der Waals surface area contributed by atoms with E-state index in [1.807, 2.05) is 13.6 Å². The van der Waals surface area contributed by atoms with Crippen LogP contribution in [0.25, 0.3) is 0 Å². The van der Waals surface area contributed by atoms with Crippen molar-refractivity contribution in [1.82, 2.24) is 0 Å². The summed E-state index contributed by atoms with van der Waals surface area (Å²) in [5.41, 5.74) is 0. The van der Waals surface area contributed by atoms with Gasteiger partial charge in [-0.2, -0.15) is 0 Å². The molecule has 0 radical (unpaired) electrons. The molecule has 62 valence electrons. The Morgan fingerprint density at radius 1 is 0.556 bits per heavy atom. The van der Waals surface area contributed by atoms with E-state index >= 15 is 0 Å². The Morgan fingerprint density at radius 3 is 0.556 bits per heavy atom. The minimum atomic E-state index is 0. The molecule has 7 heteroatoms. The van der Waals surface area contributed by atoms with Crippen LogP contribution in [-0.4, -0.2) is 13.6 Å². The van der Waals surface area contributed by atoms with Crippen molar-refractivity contribution in [2.24, 2.45) is 0 Å². The van der Waals surface area contributed by atoms with Gasteiger partial charge in [-0.15, -0.1) is 0 Å². The zero-order valence-electron chi connectivity index (χ0n) is 4.06. The SMILES string of the molecule is C=O.C=O.[Cl-].[Cl-].[Cl-].[Cl-].[Pt+4]. The molecule has 2 nitrogen and oxygen atoms in total. The van der Waals surface area contributed by atoms with Gasteiger partial charge in [-0.25, -0.2) is 0 Å². The second-order valence-electron chi connectivity index (χ2n) is 0. The molecule has 9 heavy (non-hydrogen) atoms. The van der Waals surface area contributed by atoms with Crippen LogP contribution in [0.5, 0.6) is 0 Å². The molecular weight excluding hydrogens is 393 g/mol. The van der Waals surface area contributed by atoms with Crippen LogP contribution in [0.1, 0.15) is 0 Å². The first-order chi connectivity index (χ1) is 2.00. The van der Waals surface area contributed by atoms with E-state index in [-0.39, 0.29) is 70.7 Å². The van der Waals surface area contributed by atoms with Crippen molar-refractivity contribution >= 4 is 13.6 Å². The Kier molecular flexibility index (Phi) is 4100. The Labute approximate surface area is 93.4 Å². The summed E-state index contributed by atoms with van der Waals surface area (Å²) >= 11 is 0. The molecule has 0 aliphatic heterocycles. The van der Waals surface area contributed by atoms with Crippen LogP contribution in [0.15, 0.2) is 0 Å². The molecule has 0 atom stereocenters. The van der Waals surface area contributed by atoms with E-state index in [1.165, 1.54) is 0 Å². The van der Waals surface area contributed by atoms with Gasteiger partial charge < -0.3 is 59.2 Å². The van der Waals surface area contributed by atoms with Crippen molar-refractivity contribution in [2.45, 2.75) is 0 Å². The molecule has 0 aliphatic rings. The summed E-state index contributed by atoms with van der Waals surface area (Å²) in [4.78, 5) is 16.0. The summed E-state index contributed by atoms with van der Waals surface area (Å²) in [5.74, 6) is 0. The molecule has 0 spiro atoms. The zero-order chi connectivity index (χ0) is 4.00. The smallest absolute Gasteiger partial charge is 1.00 e. The maximum atomic E-state index is 8.00. The third-order valence-electron chi connectivity index (χ3n) is 0. The van der Waals surface area contributed by atoms with Crippen LogP contribution in [-0.2, 0) is 30.7 Å². The molecule has 0 saturated heterocycles. The van der Waals surface area contributed by atoms with Crippen LogP contribution in [0.2, 0.25) is 0 Å². The quantitative estimate of drug-likeness (QED) is 0.407. The first-order valence-electron chi connectivity index (χ1n) is 0.577. The standard InChI is InChI=1S/2CH2O.4ClH.Pt/c2*1-2;;;;;/h2*1H2;4*1H;/q;;;;;;+4/p-4. The molecule has 0 N–H and O–H groups in total. The van der Waals surface area contributed by atoms with Crippen LogP contribution in [0, 0.1) is 0 Å². The van der Waals surface area contributed by atoms with Gasteiger partial charge in [-0.05, 0) is 0 Å². The Hall–Kier alpha value is 1.19. The van der Waals surface area contributed by atoms with E-state index in [0.717, 1.165) is 0 Å². The normalized spacial score (nSPS) is 0.889. The molecule has 0 bridgehead atoms. The van der Waals surface area contributed by atoms with Crippen molar-refractivity contribution in [2.75, 3.05) is 0 Å². The third kappa shape index (κ3) is 336. The molecule has 0 aromatic heterocycles. The second kappa shape index (κ2) is 436. The molecular formula is C2H4Cl4O2Pt. The second-order valence-corrected chi connectivity index (χ2v) is 0. The van der Waals surface area contributed by atoms with Crippen LogP contribution in [0.3, 0.4) is 0 Å². The molecule has 0 saturated carbocycles. The number of halogens is 4. The van der Waals surface area contributed by atoms with Crippen LogP contribution in [0.4, 0.5) is 0 Å². The van der Waals surface area contributed by atoms with Crippen molar-refractivity contribution in [1.29, 1.82) is 0 Å². The molecule has 0 amide bonds. The monoisotopic (exact) mass is 395 g/mol. The molecule has 0 aromatic rings. The van der Waals surface area contributed by atoms with Crippen LogP contribution < -0.4 is 49.6 Å². The summed E-state index contributed by atoms with van der Waals surface area (Å²) < 4.78 is 0. The molecule has 0 aliphatic carbocycles. The number of rotatable bonds is 0. The Morgan fingerprint density at radius 2 is 0.556 bits per heavy atom. The largest absolute Gasteiger partial charge is 4.00 e. The number of carbonyl (C=O) groups is 2. The summed E-state index contributed by atoms with van der Waals surface area (Å²) in [7, 11) is 0. The average molecular weight is 397 g/mol. The average Bonchev–Trinajstić information content (AvgIpc) is 1.50. The maximum Gasteiger partial charge on any atom is 4.00 e. The summed E-state index contributed by atoms with van der Waals surface area (Å²) in [5, 5.41) is 0. The minimum Gasteiger partial charge on any atom is -1.00 e. The molecule has 0 fully saturated rings. The first-order valence-corrected chi connectivity index (χ1v) is 0.577. The summed E-state index contributed by atoms with van der Waals surface area (Å²) in [6.07, 6.45) is 0. The maximum absolute atomic E-state index is 8.00. The van der Waals surface area contributed by atoms with Crippen molar-refractivity contribution in [3.63, 3.8) is 0 Å². The van der Waals surface area contributed by atoms with Gasteiger partial charge >= 0.3 is 21.1 Å². The van der Waals surface area contributed by atoms with Gasteiger partial charge in [0.05, 0.1) is 0 Å². The van der Waals surface area contributed by atoms with E-state index in [2.05, 4.69) is 0 Å². The van der Waals surface area contributed by atoms with Gasteiger partial charge in [-0.1, -0.05) is 0 Å². The van der Waals surface area contributed by atoms with E-state index in [0.29, 0.717) is 0 Å². The number of hydrogen-bond acceptors (Lipinski definition) is 2. The van der Waals surface area contributed by atoms with Gasteiger partial charge in [0.1, 0.15) is 13.6 Å². The van der Waals surface area contributed by atoms with Crippen LogP contribution >= 0.6 is 0 Å². The van der Waals surface area contributed by atoms with Gasteiger partial charge in [-0.3, -0.25) is 0 Å². The predicted molar refractivity (Wildman–Crippen MR) is 14.2 cm³/mol. The van der Waals surface area contributed by atoms with E-state index in [9.17, 15) is 0 Å². The molecule has 0 rings (SSSR count). The van der Waals surface area contributed by atoms with Gasteiger partial charge in [0.25, 0.3) is 0 Å². The van der Waals surface area contributed by atoms with Crippen molar-refractivity contribution < 1.29 is 80.3 Å². The summed E-state index contributed by atoms with van der Waals surface area (Å²) in [6, 6.07) is 0. The summed E-state index contributed by atoms with van der Waals surface area (Å²) in [6.45, 7) is 4.00. The first kappa shape index (κ1) is 84.6. The van der Waals surface area contributed by atoms with E-state index < -0.39 is 0 Å². The van der Waals surface area contributed by atoms with Crippen molar-refractivity contribution in [3.8, 4) is 0 Å². The van der Waals surface area contributed by atoms with Gasteiger partial charge in [0, 0.05) is 0 Å². The van der Waals surface area contributed by atoms with E-state index in [4.69, 9.17) is 9.59 Å². The topological polar surface area (TPSA) is 34.1 Å². The molecule has 0 unspecified atom stereocenters. The number of carbonyl (C=O) groups excluding carboxylic acids is 2. The predicted octanol–water partition coefficient (Wildman–Crippen LogP) is -12.4.